The van der Waals surface area contributed by atoms with E-state index in [4.69, 9.17) is 20.6 Å². The molecule has 0 spiro atoms. The second-order valence-corrected chi connectivity index (χ2v) is 6.38. The molecule has 0 aliphatic rings. The zero-order chi connectivity index (χ0) is 12.2. The van der Waals surface area contributed by atoms with Crippen molar-refractivity contribution in [1.29, 1.82) is 0 Å². The SMILES string of the molecule is CCO.NCCCNCCSP(=O)(O)O. The van der Waals surface area contributed by atoms with Crippen LogP contribution in [0.25, 0.3) is 0 Å². The normalized spacial score (nSPS) is 10.7. The molecule has 0 heterocycles. The summed E-state index contributed by atoms with van der Waals surface area (Å²) in [4.78, 5) is 16.9. The second-order valence-electron chi connectivity index (χ2n) is 2.53. The lowest BCUT2D eigenvalue weighted by molar-refractivity contribution is 0.318. The Hall–Kier alpha value is 0.380. The molecule has 0 atom stereocenters. The first kappa shape index (κ1) is 17.8. The Balaban J connectivity index is 0. The third kappa shape index (κ3) is 25.0. The van der Waals surface area contributed by atoms with Gasteiger partial charge in [0.2, 0.25) is 0 Å². The van der Waals surface area contributed by atoms with Crippen molar-refractivity contribution in [2.24, 2.45) is 5.73 Å². The van der Waals surface area contributed by atoms with Gasteiger partial charge in [-0.15, -0.1) is 0 Å². The topological polar surface area (TPSA) is 116 Å². The minimum atomic E-state index is -3.87. The first-order valence-electron chi connectivity index (χ1n) is 4.69. The van der Waals surface area contributed by atoms with Crippen molar-refractivity contribution in [1.82, 2.24) is 5.32 Å². The highest BCUT2D eigenvalue weighted by atomic mass is 32.7. The summed E-state index contributed by atoms with van der Waals surface area (Å²) in [5.41, 5.74) is 5.24. The van der Waals surface area contributed by atoms with E-state index in [1.165, 1.54) is 0 Å². The maximum atomic E-state index is 10.3. The van der Waals surface area contributed by atoms with Crippen molar-refractivity contribution in [3.63, 3.8) is 0 Å². The van der Waals surface area contributed by atoms with Gasteiger partial charge in [-0.1, -0.05) is 0 Å². The minimum absolute atomic E-state index is 0.250. The first-order chi connectivity index (χ1) is 6.97. The van der Waals surface area contributed by atoms with Crippen LogP contribution in [-0.2, 0) is 4.57 Å². The highest BCUT2D eigenvalue weighted by molar-refractivity contribution is 8.54. The zero-order valence-electron chi connectivity index (χ0n) is 8.93. The van der Waals surface area contributed by atoms with E-state index < -0.39 is 6.80 Å². The summed E-state index contributed by atoms with van der Waals surface area (Å²) >= 11 is 0.665. The van der Waals surface area contributed by atoms with Crippen LogP contribution in [0.15, 0.2) is 0 Å². The quantitative estimate of drug-likeness (QED) is 0.316. The summed E-state index contributed by atoms with van der Waals surface area (Å²) in [6.07, 6.45) is 0.889. The predicted octanol–water partition coefficient (Wildman–Crippen LogP) is -0.251. The van der Waals surface area contributed by atoms with Crippen LogP contribution in [0.3, 0.4) is 0 Å². The average Bonchev–Trinajstić information content (AvgIpc) is 2.11. The molecule has 0 saturated carbocycles. The van der Waals surface area contributed by atoms with Gasteiger partial charge >= 0.3 is 6.80 Å². The zero-order valence-corrected chi connectivity index (χ0v) is 10.6. The Morgan fingerprint density at radius 1 is 1.40 bits per heavy atom. The molecule has 0 radical (unpaired) electrons. The Kier molecular flexibility index (Phi) is 14.7. The van der Waals surface area contributed by atoms with Gasteiger partial charge in [0.15, 0.2) is 0 Å². The van der Waals surface area contributed by atoms with Crippen LogP contribution >= 0.6 is 18.2 Å². The molecule has 0 amide bonds. The van der Waals surface area contributed by atoms with E-state index in [0.29, 0.717) is 30.2 Å². The number of hydrogen-bond acceptors (Lipinski definition) is 5. The van der Waals surface area contributed by atoms with Crippen molar-refractivity contribution >= 4 is 18.2 Å². The molecule has 8 heteroatoms. The van der Waals surface area contributed by atoms with E-state index in [0.717, 1.165) is 13.0 Å². The summed E-state index contributed by atoms with van der Waals surface area (Å²) in [6.45, 7) is 0.109. The highest BCUT2D eigenvalue weighted by Gasteiger charge is 2.11. The molecule has 94 valence electrons. The lowest BCUT2D eigenvalue weighted by Crippen LogP contribution is -2.20. The summed E-state index contributed by atoms with van der Waals surface area (Å²) < 4.78 is 10.3. The number of rotatable bonds is 7. The van der Waals surface area contributed by atoms with Crippen LogP contribution in [0, 0.1) is 0 Å². The Labute approximate surface area is 94.5 Å². The van der Waals surface area contributed by atoms with Crippen molar-refractivity contribution in [3.05, 3.63) is 0 Å². The Morgan fingerprint density at radius 2 is 1.93 bits per heavy atom. The number of aliphatic hydroxyl groups excluding tert-OH is 1. The van der Waals surface area contributed by atoms with E-state index in [-0.39, 0.29) is 6.61 Å². The molecule has 0 fully saturated rings. The minimum Gasteiger partial charge on any atom is -0.397 e. The fourth-order valence-corrected chi connectivity index (χ4v) is 2.05. The molecule has 6 N–H and O–H groups in total. The molecule has 15 heavy (non-hydrogen) atoms. The van der Waals surface area contributed by atoms with Crippen LogP contribution in [0.5, 0.6) is 0 Å². The van der Waals surface area contributed by atoms with Crippen LogP contribution in [0.1, 0.15) is 13.3 Å². The molecule has 0 bridgehead atoms. The van der Waals surface area contributed by atoms with E-state index >= 15 is 0 Å². The third-order valence-electron chi connectivity index (χ3n) is 1.10. The maximum absolute atomic E-state index is 10.3. The standard InChI is InChI=1S/C5H15N2O3PS.C2H6O/c6-2-1-3-7-4-5-12-11(8,9)10;1-2-3/h7H,1-6H2,(H2,8,9,10);3H,2H2,1H3. The van der Waals surface area contributed by atoms with Gasteiger partial charge in [0, 0.05) is 18.9 Å². The number of hydrogen-bond donors (Lipinski definition) is 5. The van der Waals surface area contributed by atoms with Crippen molar-refractivity contribution < 1.29 is 19.5 Å². The van der Waals surface area contributed by atoms with E-state index in [1.54, 1.807) is 6.92 Å². The number of nitrogens with one attached hydrogen (secondary N) is 1. The van der Waals surface area contributed by atoms with Crippen molar-refractivity contribution in [2.45, 2.75) is 13.3 Å². The lowest BCUT2D eigenvalue weighted by atomic mass is 10.4. The molecule has 0 aromatic carbocycles. The van der Waals surface area contributed by atoms with Crippen LogP contribution in [0.4, 0.5) is 0 Å². The number of aliphatic hydroxyl groups is 1. The molecule has 0 aliphatic carbocycles. The Bertz CT molecular complexity index is 167. The van der Waals surface area contributed by atoms with Gasteiger partial charge in [0.1, 0.15) is 0 Å². The summed E-state index contributed by atoms with van der Waals surface area (Å²) in [5, 5.41) is 10.6. The van der Waals surface area contributed by atoms with Crippen molar-refractivity contribution in [2.75, 3.05) is 32.0 Å². The highest BCUT2D eigenvalue weighted by Crippen LogP contribution is 2.49. The van der Waals surface area contributed by atoms with Gasteiger partial charge in [-0.05, 0) is 37.8 Å². The van der Waals surface area contributed by atoms with Gasteiger partial charge < -0.3 is 25.9 Å². The molecule has 6 nitrogen and oxygen atoms in total. The molecule has 0 aliphatic heterocycles. The molecule has 0 rings (SSSR count). The van der Waals surface area contributed by atoms with Crippen LogP contribution in [-0.4, -0.2) is 46.9 Å². The summed E-state index contributed by atoms with van der Waals surface area (Å²) in [5.74, 6) is 0.425. The average molecular weight is 260 g/mol. The lowest BCUT2D eigenvalue weighted by Gasteiger charge is -2.04. The van der Waals surface area contributed by atoms with Crippen LogP contribution in [0.2, 0.25) is 0 Å². The fourth-order valence-electron chi connectivity index (χ4n) is 0.589. The van der Waals surface area contributed by atoms with Crippen LogP contribution < -0.4 is 11.1 Å². The fraction of sp³-hybridized carbons (Fsp3) is 1.00. The van der Waals surface area contributed by atoms with Gasteiger partial charge in [-0.25, -0.2) is 4.57 Å². The molecular weight excluding hydrogens is 239 g/mol. The molecular formula is C7H21N2O4PS. The van der Waals surface area contributed by atoms with Gasteiger partial charge in [-0.3, -0.25) is 0 Å². The Morgan fingerprint density at radius 3 is 2.33 bits per heavy atom. The molecule has 0 aromatic rings. The first-order valence-corrected chi connectivity index (χ1v) is 7.90. The predicted molar refractivity (Wildman–Crippen MR) is 63.8 cm³/mol. The van der Waals surface area contributed by atoms with Gasteiger partial charge in [-0.2, -0.15) is 0 Å². The monoisotopic (exact) mass is 260 g/mol. The summed E-state index contributed by atoms with van der Waals surface area (Å²) in [7, 11) is 0. The smallest absolute Gasteiger partial charge is 0.384 e. The molecule has 0 aromatic heterocycles. The van der Waals surface area contributed by atoms with E-state index in [1.807, 2.05) is 0 Å². The van der Waals surface area contributed by atoms with E-state index in [9.17, 15) is 4.57 Å². The van der Waals surface area contributed by atoms with E-state index in [2.05, 4.69) is 5.32 Å². The van der Waals surface area contributed by atoms with Gasteiger partial charge in [0.05, 0.1) is 0 Å². The third-order valence-corrected chi connectivity index (χ3v) is 3.38. The van der Waals surface area contributed by atoms with Gasteiger partial charge in [0.25, 0.3) is 0 Å². The van der Waals surface area contributed by atoms with Crippen molar-refractivity contribution in [3.8, 4) is 0 Å². The maximum Gasteiger partial charge on any atom is 0.384 e. The second kappa shape index (κ2) is 12.4. The number of nitrogens with two attached hydrogens (primary N) is 1. The largest absolute Gasteiger partial charge is 0.397 e. The molecule has 0 unspecified atom stereocenters. The molecule has 0 saturated heterocycles. The summed E-state index contributed by atoms with van der Waals surface area (Å²) in [6, 6.07) is 0.